The van der Waals surface area contributed by atoms with Gasteiger partial charge in [0, 0.05) is 11.4 Å². The lowest BCUT2D eigenvalue weighted by Gasteiger charge is -2.40. The fraction of sp³-hybridized carbons (Fsp3) is 1.00. The van der Waals surface area contributed by atoms with Crippen LogP contribution in [0.5, 0.6) is 0 Å². The van der Waals surface area contributed by atoms with E-state index in [1.807, 2.05) is 0 Å². The standard InChI is InChI=1S/C16H30ClN/c1-14-6-5-10-16(12-14,13-17)18-11-9-15-7-3-2-4-8-15/h14-15,18H,2-13H2,1H3. The Kier molecular flexibility index (Phi) is 5.82. The van der Waals surface area contributed by atoms with E-state index in [0.717, 1.165) is 17.7 Å². The van der Waals surface area contributed by atoms with Crippen LogP contribution in [-0.4, -0.2) is 18.0 Å². The molecule has 2 aliphatic carbocycles. The van der Waals surface area contributed by atoms with Crippen LogP contribution in [0.2, 0.25) is 0 Å². The highest BCUT2D eigenvalue weighted by atomic mass is 35.5. The third-order valence-corrected chi connectivity index (χ3v) is 5.64. The van der Waals surface area contributed by atoms with Crippen LogP contribution in [0.25, 0.3) is 0 Å². The van der Waals surface area contributed by atoms with Crippen molar-refractivity contribution in [1.29, 1.82) is 0 Å². The predicted octanol–water partition coefficient (Wildman–Crippen LogP) is 4.73. The van der Waals surface area contributed by atoms with Crippen molar-refractivity contribution in [2.24, 2.45) is 11.8 Å². The molecule has 0 amide bonds. The molecule has 0 aromatic rings. The van der Waals surface area contributed by atoms with E-state index in [2.05, 4.69) is 12.2 Å². The molecule has 0 heterocycles. The average Bonchev–Trinajstić information content (AvgIpc) is 2.40. The van der Waals surface area contributed by atoms with Gasteiger partial charge in [0.05, 0.1) is 0 Å². The molecule has 2 unspecified atom stereocenters. The van der Waals surface area contributed by atoms with Crippen molar-refractivity contribution < 1.29 is 0 Å². The summed E-state index contributed by atoms with van der Waals surface area (Å²) in [7, 11) is 0. The summed E-state index contributed by atoms with van der Waals surface area (Å²) in [6, 6.07) is 0. The highest BCUT2D eigenvalue weighted by molar-refractivity contribution is 6.18. The molecule has 0 radical (unpaired) electrons. The summed E-state index contributed by atoms with van der Waals surface area (Å²) in [6.45, 7) is 3.56. The molecule has 0 spiro atoms. The first-order chi connectivity index (χ1) is 8.74. The van der Waals surface area contributed by atoms with E-state index in [1.54, 1.807) is 0 Å². The Morgan fingerprint density at radius 2 is 1.89 bits per heavy atom. The highest BCUT2D eigenvalue weighted by Gasteiger charge is 2.33. The summed E-state index contributed by atoms with van der Waals surface area (Å²) in [4.78, 5) is 0. The van der Waals surface area contributed by atoms with Crippen molar-refractivity contribution in [2.75, 3.05) is 12.4 Å². The lowest BCUT2D eigenvalue weighted by molar-refractivity contribution is 0.202. The molecule has 2 aliphatic rings. The number of alkyl halides is 1. The normalized spacial score (nSPS) is 34.7. The molecule has 18 heavy (non-hydrogen) atoms. The summed E-state index contributed by atoms with van der Waals surface area (Å²) in [5.41, 5.74) is 0.258. The second-order valence-electron chi connectivity index (χ2n) is 6.83. The molecule has 0 aromatic carbocycles. The summed E-state index contributed by atoms with van der Waals surface area (Å²) in [6.07, 6.45) is 14.0. The molecule has 106 valence electrons. The first kappa shape index (κ1) is 14.7. The molecular weight excluding hydrogens is 242 g/mol. The first-order valence-electron chi connectivity index (χ1n) is 8.05. The Bertz CT molecular complexity index is 237. The van der Waals surface area contributed by atoms with Crippen LogP contribution in [0.3, 0.4) is 0 Å². The third kappa shape index (κ3) is 4.13. The SMILES string of the molecule is CC1CCCC(CCl)(NCCC2CCCCC2)C1. The molecule has 2 fully saturated rings. The predicted molar refractivity (Wildman–Crippen MR) is 80.3 cm³/mol. The highest BCUT2D eigenvalue weighted by Crippen LogP contribution is 2.33. The van der Waals surface area contributed by atoms with E-state index in [1.165, 1.54) is 70.8 Å². The zero-order valence-corrected chi connectivity index (χ0v) is 12.8. The van der Waals surface area contributed by atoms with Crippen molar-refractivity contribution in [1.82, 2.24) is 5.32 Å². The van der Waals surface area contributed by atoms with E-state index in [0.29, 0.717) is 0 Å². The molecule has 0 aliphatic heterocycles. The Balaban J connectivity index is 1.72. The summed E-state index contributed by atoms with van der Waals surface area (Å²) < 4.78 is 0. The second-order valence-corrected chi connectivity index (χ2v) is 7.10. The smallest absolute Gasteiger partial charge is 0.0406 e. The van der Waals surface area contributed by atoms with Gasteiger partial charge in [-0.1, -0.05) is 51.9 Å². The van der Waals surface area contributed by atoms with Crippen molar-refractivity contribution >= 4 is 11.6 Å². The Labute approximate surface area is 118 Å². The maximum Gasteiger partial charge on any atom is 0.0406 e. The van der Waals surface area contributed by atoms with Gasteiger partial charge in [-0.25, -0.2) is 0 Å². The molecule has 1 nitrogen and oxygen atoms in total. The third-order valence-electron chi connectivity index (χ3n) is 5.12. The van der Waals surface area contributed by atoms with Crippen LogP contribution >= 0.6 is 11.6 Å². The Hall–Kier alpha value is 0.250. The van der Waals surface area contributed by atoms with Gasteiger partial charge in [-0.3, -0.25) is 0 Å². The molecule has 2 heteroatoms. The number of hydrogen-bond donors (Lipinski definition) is 1. The average molecular weight is 272 g/mol. The van der Waals surface area contributed by atoms with E-state index in [-0.39, 0.29) is 5.54 Å². The van der Waals surface area contributed by atoms with Crippen LogP contribution in [0, 0.1) is 11.8 Å². The maximum absolute atomic E-state index is 6.26. The Morgan fingerprint density at radius 1 is 1.11 bits per heavy atom. The summed E-state index contributed by atoms with van der Waals surface area (Å²) in [5, 5.41) is 3.83. The molecule has 0 aromatic heterocycles. The zero-order chi connectivity index (χ0) is 12.8. The minimum absolute atomic E-state index is 0.258. The molecule has 0 bridgehead atoms. The van der Waals surface area contributed by atoms with Gasteiger partial charge in [-0.05, 0) is 37.6 Å². The van der Waals surface area contributed by atoms with Crippen LogP contribution in [0.15, 0.2) is 0 Å². The number of halogens is 1. The van der Waals surface area contributed by atoms with Crippen LogP contribution < -0.4 is 5.32 Å². The van der Waals surface area contributed by atoms with Crippen molar-refractivity contribution in [3.05, 3.63) is 0 Å². The van der Waals surface area contributed by atoms with E-state index < -0.39 is 0 Å². The minimum Gasteiger partial charge on any atom is -0.310 e. The van der Waals surface area contributed by atoms with Crippen molar-refractivity contribution in [2.45, 2.75) is 76.7 Å². The molecule has 0 saturated heterocycles. The van der Waals surface area contributed by atoms with Crippen LogP contribution in [0.4, 0.5) is 0 Å². The number of hydrogen-bond acceptors (Lipinski definition) is 1. The number of nitrogens with one attached hydrogen (secondary N) is 1. The monoisotopic (exact) mass is 271 g/mol. The fourth-order valence-corrected chi connectivity index (χ4v) is 4.34. The minimum atomic E-state index is 0.258. The first-order valence-corrected chi connectivity index (χ1v) is 8.58. The summed E-state index contributed by atoms with van der Waals surface area (Å²) >= 11 is 6.26. The molecule has 2 saturated carbocycles. The van der Waals surface area contributed by atoms with Gasteiger partial charge in [0.2, 0.25) is 0 Å². The molecule has 2 rings (SSSR count). The summed E-state index contributed by atoms with van der Waals surface area (Å²) in [5.74, 6) is 2.63. The van der Waals surface area contributed by atoms with E-state index >= 15 is 0 Å². The molecule has 1 N–H and O–H groups in total. The Morgan fingerprint density at radius 3 is 2.56 bits per heavy atom. The second kappa shape index (κ2) is 7.14. The van der Waals surface area contributed by atoms with E-state index in [9.17, 15) is 0 Å². The maximum atomic E-state index is 6.26. The molecular formula is C16H30ClN. The van der Waals surface area contributed by atoms with Gasteiger partial charge in [0.25, 0.3) is 0 Å². The lowest BCUT2D eigenvalue weighted by Crippen LogP contribution is -2.50. The quantitative estimate of drug-likeness (QED) is 0.713. The van der Waals surface area contributed by atoms with Gasteiger partial charge in [-0.2, -0.15) is 0 Å². The molecule has 2 atom stereocenters. The van der Waals surface area contributed by atoms with Gasteiger partial charge in [0.15, 0.2) is 0 Å². The van der Waals surface area contributed by atoms with Crippen LogP contribution in [-0.2, 0) is 0 Å². The van der Waals surface area contributed by atoms with Gasteiger partial charge in [0.1, 0.15) is 0 Å². The van der Waals surface area contributed by atoms with E-state index in [4.69, 9.17) is 11.6 Å². The van der Waals surface area contributed by atoms with Gasteiger partial charge in [-0.15, -0.1) is 11.6 Å². The van der Waals surface area contributed by atoms with Crippen molar-refractivity contribution in [3.63, 3.8) is 0 Å². The topological polar surface area (TPSA) is 12.0 Å². The lowest BCUT2D eigenvalue weighted by atomic mass is 9.77. The van der Waals surface area contributed by atoms with Gasteiger partial charge < -0.3 is 5.32 Å². The number of rotatable bonds is 5. The van der Waals surface area contributed by atoms with Crippen LogP contribution in [0.1, 0.15) is 71.1 Å². The van der Waals surface area contributed by atoms with Crippen molar-refractivity contribution in [3.8, 4) is 0 Å². The largest absolute Gasteiger partial charge is 0.310 e. The van der Waals surface area contributed by atoms with Gasteiger partial charge >= 0.3 is 0 Å². The fourth-order valence-electron chi connectivity index (χ4n) is 4.01. The zero-order valence-electron chi connectivity index (χ0n) is 12.0.